The lowest BCUT2D eigenvalue weighted by Gasteiger charge is -2.20. The van der Waals surface area contributed by atoms with Gasteiger partial charge in [0.15, 0.2) is 0 Å². The average molecular weight is 280 g/mol. The highest BCUT2D eigenvalue weighted by atomic mass is 32.2. The Morgan fingerprint density at radius 2 is 1.89 bits per heavy atom. The molecule has 0 aromatic heterocycles. The zero-order chi connectivity index (χ0) is 13.4. The van der Waals surface area contributed by atoms with Gasteiger partial charge in [0.1, 0.15) is 0 Å². The van der Waals surface area contributed by atoms with Crippen molar-refractivity contribution in [2.24, 2.45) is 0 Å². The fourth-order valence-electron chi connectivity index (χ4n) is 2.00. The Bertz CT molecular complexity index is 313. The van der Waals surface area contributed by atoms with Crippen molar-refractivity contribution in [1.29, 1.82) is 0 Å². The summed E-state index contributed by atoms with van der Waals surface area (Å²) in [6.07, 6.45) is 3.78. The molecule has 6 nitrogen and oxygen atoms in total. The van der Waals surface area contributed by atoms with Gasteiger partial charge in [-0.05, 0) is 19.3 Å². The molecule has 1 aliphatic rings. The summed E-state index contributed by atoms with van der Waals surface area (Å²) in [5.41, 5.74) is 0. The van der Waals surface area contributed by atoms with E-state index in [2.05, 4.69) is 4.72 Å². The van der Waals surface area contributed by atoms with E-state index in [9.17, 15) is 13.5 Å². The highest BCUT2D eigenvalue weighted by Crippen LogP contribution is 2.12. The van der Waals surface area contributed by atoms with Crippen LogP contribution in [0.25, 0.3) is 0 Å². The van der Waals surface area contributed by atoms with Gasteiger partial charge in [0.05, 0.1) is 12.7 Å². The van der Waals surface area contributed by atoms with Crippen molar-refractivity contribution in [1.82, 2.24) is 9.03 Å². The molecule has 0 radical (unpaired) electrons. The first kappa shape index (κ1) is 15.8. The van der Waals surface area contributed by atoms with Gasteiger partial charge >= 0.3 is 0 Å². The van der Waals surface area contributed by atoms with Crippen molar-refractivity contribution in [3.05, 3.63) is 0 Å². The van der Waals surface area contributed by atoms with Gasteiger partial charge in [0, 0.05) is 26.7 Å². The summed E-state index contributed by atoms with van der Waals surface area (Å²) in [5.74, 6) is 0. The van der Waals surface area contributed by atoms with Crippen molar-refractivity contribution in [2.75, 3.05) is 33.4 Å². The smallest absolute Gasteiger partial charge is 0.279 e. The van der Waals surface area contributed by atoms with E-state index in [4.69, 9.17) is 4.74 Å². The molecule has 1 saturated heterocycles. The molecule has 0 amide bonds. The van der Waals surface area contributed by atoms with Gasteiger partial charge in [0.2, 0.25) is 0 Å². The molecule has 18 heavy (non-hydrogen) atoms. The number of methoxy groups -OCH3 is 1. The van der Waals surface area contributed by atoms with Crippen LogP contribution in [0.15, 0.2) is 0 Å². The summed E-state index contributed by atoms with van der Waals surface area (Å²) >= 11 is 0. The second-order valence-electron chi connectivity index (χ2n) is 4.61. The van der Waals surface area contributed by atoms with E-state index in [1.807, 2.05) is 0 Å². The Labute approximate surface area is 109 Å². The molecule has 0 bridgehead atoms. The fraction of sp³-hybridized carbons (Fsp3) is 1.00. The van der Waals surface area contributed by atoms with Gasteiger partial charge in [0.25, 0.3) is 10.2 Å². The SMILES string of the molecule is COCC(O)CCNS(=O)(=O)N1CCCCCC1. The predicted octanol–water partition coefficient (Wildman–Crippen LogP) is 0.0942. The Hall–Kier alpha value is -0.210. The summed E-state index contributed by atoms with van der Waals surface area (Å²) in [4.78, 5) is 0. The molecule has 1 fully saturated rings. The van der Waals surface area contributed by atoms with Crippen LogP contribution in [0, 0.1) is 0 Å². The van der Waals surface area contributed by atoms with E-state index in [1.165, 1.54) is 11.4 Å². The van der Waals surface area contributed by atoms with Crippen molar-refractivity contribution in [3.63, 3.8) is 0 Å². The number of hydrogen-bond acceptors (Lipinski definition) is 4. The van der Waals surface area contributed by atoms with Crippen molar-refractivity contribution in [3.8, 4) is 0 Å². The molecule has 1 rings (SSSR count). The van der Waals surface area contributed by atoms with Gasteiger partial charge in [-0.3, -0.25) is 0 Å². The highest BCUT2D eigenvalue weighted by molar-refractivity contribution is 7.87. The molecule has 1 atom stereocenters. The van der Waals surface area contributed by atoms with Crippen LogP contribution in [0.5, 0.6) is 0 Å². The fourth-order valence-corrected chi connectivity index (χ4v) is 3.30. The molecular formula is C11H24N2O4S. The third-order valence-electron chi connectivity index (χ3n) is 3.03. The van der Waals surface area contributed by atoms with E-state index in [0.717, 1.165) is 25.7 Å². The molecule has 1 aliphatic heterocycles. The number of ether oxygens (including phenoxy) is 1. The molecule has 7 heteroatoms. The van der Waals surface area contributed by atoms with Gasteiger partial charge in [-0.1, -0.05) is 12.8 Å². The van der Waals surface area contributed by atoms with Crippen LogP contribution in [0.3, 0.4) is 0 Å². The lowest BCUT2D eigenvalue weighted by atomic mass is 10.2. The van der Waals surface area contributed by atoms with Gasteiger partial charge in [-0.25, -0.2) is 4.72 Å². The maximum absolute atomic E-state index is 12.0. The first-order valence-electron chi connectivity index (χ1n) is 6.48. The van der Waals surface area contributed by atoms with Crippen LogP contribution < -0.4 is 4.72 Å². The molecule has 0 aromatic rings. The van der Waals surface area contributed by atoms with E-state index in [-0.39, 0.29) is 13.2 Å². The zero-order valence-corrected chi connectivity index (χ0v) is 11.8. The van der Waals surface area contributed by atoms with E-state index in [1.54, 1.807) is 0 Å². The lowest BCUT2D eigenvalue weighted by Crippen LogP contribution is -2.42. The summed E-state index contributed by atoms with van der Waals surface area (Å²) < 4.78 is 32.8. The molecule has 0 spiro atoms. The maximum Gasteiger partial charge on any atom is 0.279 e. The second kappa shape index (κ2) is 8.06. The summed E-state index contributed by atoms with van der Waals surface area (Å²) in [6.45, 7) is 1.65. The average Bonchev–Trinajstić information content (AvgIpc) is 2.58. The molecule has 0 aromatic carbocycles. The predicted molar refractivity (Wildman–Crippen MR) is 69.5 cm³/mol. The summed E-state index contributed by atoms with van der Waals surface area (Å²) in [6, 6.07) is 0. The van der Waals surface area contributed by atoms with E-state index < -0.39 is 16.3 Å². The number of nitrogens with one attached hydrogen (secondary N) is 1. The normalized spacial score (nSPS) is 20.6. The monoisotopic (exact) mass is 280 g/mol. The minimum absolute atomic E-state index is 0.228. The largest absolute Gasteiger partial charge is 0.391 e. The third kappa shape index (κ3) is 5.62. The standard InChI is InChI=1S/C11H24N2O4S/c1-17-10-11(14)6-7-12-18(15,16)13-8-4-2-3-5-9-13/h11-12,14H,2-10H2,1H3. The number of hydrogen-bond donors (Lipinski definition) is 2. The quantitative estimate of drug-likeness (QED) is 0.693. The van der Waals surface area contributed by atoms with Crippen LogP contribution in [0.1, 0.15) is 32.1 Å². The molecular weight excluding hydrogens is 256 g/mol. The van der Waals surface area contributed by atoms with Gasteiger partial charge < -0.3 is 9.84 Å². The molecule has 0 saturated carbocycles. The Morgan fingerprint density at radius 1 is 1.28 bits per heavy atom. The summed E-state index contributed by atoms with van der Waals surface area (Å²) in [7, 11) is -1.88. The molecule has 1 heterocycles. The van der Waals surface area contributed by atoms with E-state index >= 15 is 0 Å². The van der Waals surface area contributed by atoms with Crippen molar-refractivity contribution in [2.45, 2.75) is 38.2 Å². The Balaban J connectivity index is 2.34. The van der Waals surface area contributed by atoms with Crippen LogP contribution in [-0.2, 0) is 14.9 Å². The third-order valence-corrected chi connectivity index (χ3v) is 4.64. The first-order valence-corrected chi connectivity index (χ1v) is 7.92. The van der Waals surface area contributed by atoms with Crippen molar-refractivity contribution >= 4 is 10.2 Å². The zero-order valence-electron chi connectivity index (χ0n) is 11.0. The van der Waals surface area contributed by atoms with Crippen molar-refractivity contribution < 1.29 is 18.3 Å². The van der Waals surface area contributed by atoms with Crippen LogP contribution in [0.4, 0.5) is 0 Å². The maximum atomic E-state index is 12.0. The van der Waals surface area contributed by atoms with E-state index in [0.29, 0.717) is 19.5 Å². The molecule has 108 valence electrons. The Kier molecular flexibility index (Phi) is 7.10. The number of aliphatic hydroxyl groups is 1. The van der Waals surface area contributed by atoms with Crippen LogP contribution in [0.2, 0.25) is 0 Å². The topological polar surface area (TPSA) is 78.9 Å². The minimum atomic E-state index is -3.39. The number of rotatable bonds is 7. The summed E-state index contributed by atoms with van der Waals surface area (Å²) in [5, 5.41) is 9.43. The Morgan fingerprint density at radius 3 is 2.44 bits per heavy atom. The van der Waals surface area contributed by atoms with Gasteiger partial charge in [-0.2, -0.15) is 12.7 Å². The first-order chi connectivity index (χ1) is 8.56. The lowest BCUT2D eigenvalue weighted by molar-refractivity contribution is 0.0603. The van der Waals surface area contributed by atoms with Crippen LogP contribution in [-0.4, -0.2) is 57.3 Å². The van der Waals surface area contributed by atoms with Gasteiger partial charge in [-0.15, -0.1) is 0 Å². The van der Waals surface area contributed by atoms with Crippen LogP contribution >= 0.6 is 0 Å². The molecule has 1 unspecified atom stereocenters. The number of nitrogens with zero attached hydrogens (tertiary/aromatic N) is 1. The second-order valence-corrected chi connectivity index (χ2v) is 6.37. The highest BCUT2D eigenvalue weighted by Gasteiger charge is 2.22. The molecule has 0 aliphatic carbocycles. The number of aliphatic hydroxyl groups excluding tert-OH is 1. The minimum Gasteiger partial charge on any atom is -0.391 e. The molecule has 2 N–H and O–H groups in total.